The minimum Gasteiger partial charge on any atom is -0.360 e. The molecule has 0 unspecified atom stereocenters. The monoisotopic (exact) mass is 363 g/mol. The van der Waals surface area contributed by atoms with Gasteiger partial charge in [-0.15, -0.1) is 0 Å². The summed E-state index contributed by atoms with van der Waals surface area (Å²) in [5, 5.41) is 17.8. The lowest BCUT2D eigenvalue weighted by Crippen LogP contribution is -2.12. The molecular weight excluding hydrogens is 342 g/mol. The topological polar surface area (TPSA) is 93.0 Å². The molecule has 0 aliphatic carbocycles. The van der Waals surface area contributed by atoms with Crippen LogP contribution < -0.4 is 10.6 Å². The lowest BCUT2D eigenvalue weighted by atomic mass is 10.2. The van der Waals surface area contributed by atoms with Gasteiger partial charge in [-0.2, -0.15) is 4.98 Å². The van der Waals surface area contributed by atoms with Gasteiger partial charge in [0, 0.05) is 13.1 Å². The van der Waals surface area contributed by atoms with Crippen LogP contribution in [0.1, 0.15) is 23.7 Å². The molecule has 0 saturated heterocycles. The van der Waals surface area contributed by atoms with E-state index in [0.29, 0.717) is 31.2 Å². The maximum atomic E-state index is 11.6. The van der Waals surface area contributed by atoms with E-state index in [1.807, 2.05) is 67.6 Å². The number of nitrogens with one attached hydrogen (secondary N) is 2. The van der Waals surface area contributed by atoms with Crippen LogP contribution in [0, 0.1) is 10.1 Å². The third kappa shape index (κ3) is 4.78. The van der Waals surface area contributed by atoms with Gasteiger partial charge in [0.15, 0.2) is 0 Å². The predicted molar refractivity (Wildman–Crippen MR) is 106 cm³/mol. The van der Waals surface area contributed by atoms with Crippen molar-refractivity contribution in [3.8, 4) is 0 Å². The van der Waals surface area contributed by atoms with Crippen LogP contribution in [0.3, 0.4) is 0 Å². The smallest absolute Gasteiger partial charge is 0.332 e. The summed E-state index contributed by atoms with van der Waals surface area (Å²) in [6.07, 6.45) is 0.443. The number of hydrogen-bond donors (Lipinski definition) is 2. The Morgan fingerprint density at radius 1 is 0.889 bits per heavy atom. The molecule has 0 spiro atoms. The zero-order chi connectivity index (χ0) is 19.1. The van der Waals surface area contributed by atoms with Crippen molar-refractivity contribution in [2.45, 2.75) is 26.4 Å². The van der Waals surface area contributed by atoms with Crippen molar-refractivity contribution >= 4 is 17.5 Å². The second-order valence-electron chi connectivity index (χ2n) is 5.98. The number of anilines is 2. The highest BCUT2D eigenvalue weighted by Crippen LogP contribution is 2.28. The van der Waals surface area contributed by atoms with E-state index in [0.717, 1.165) is 11.1 Å². The number of nitro groups is 1. The number of nitrogens with zero attached hydrogens (tertiary/aromatic N) is 3. The van der Waals surface area contributed by atoms with E-state index in [1.54, 1.807) is 0 Å². The molecule has 1 aromatic heterocycles. The van der Waals surface area contributed by atoms with E-state index < -0.39 is 4.92 Å². The van der Waals surface area contributed by atoms with Crippen LogP contribution in [-0.2, 0) is 19.5 Å². The average Bonchev–Trinajstić information content (AvgIpc) is 2.71. The van der Waals surface area contributed by atoms with Gasteiger partial charge in [0.2, 0.25) is 11.8 Å². The van der Waals surface area contributed by atoms with Crippen molar-refractivity contribution in [2.75, 3.05) is 10.6 Å². The molecule has 0 aliphatic rings. The molecule has 2 aromatic carbocycles. The SMILES string of the molecule is CCc1nc(NCc2ccccc2)nc(NCc2ccccc2)c1[N+](=O)[O-]. The van der Waals surface area contributed by atoms with Gasteiger partial charge in [0.25, 0.3) is 0 Å². The first-order valence-corrected chi connectivity index (χ1v) is 8.78. The average molecular weight is 363 g/mol. The Morgan fingerprint density at radius 3 is 1.96 bits per heavy atom. The summed E-state index contributed by atoms with van der Waals surface area (Å²) in [6, 6.07) is 19.5. The molecule has 0 fully saturated rings. The summed E-state index contributed by atoms with van der Waals surface area (Å²) < 4.78 is 0. The highest BCUT2D eigenvalue weighted by atomic mass is 16.6. The normalized spacial score (nSPS) is 10.4. The highest BCUT2D eigenvalue weighted by Gasteiger charge is 2.23. The fourth-order valence-electron chi connectivity index (χ4n) is 2.70. The highest BCUT2D eigenvalue weighted by molar-refractivity contribution is 5.61. The van der Waals surface area contributed by atoms with Crippen LogP contribution in [0.5, 0.6) is 0 Å². The number of hydrogen-bond acceptors (Lipinski definition) is 6. The van der Waals surface area contributed by atoms with Gasteiger partial charge in [0.05, 0.1) is 4.92 Å². The van der Waals surface area contributed by atoms with E-state index in [2.05, 4.69) is 20.6 Å². The first-order chi connectivity index (χ1) is 13.2. The minimum atomic E-state index is -0.423. The van der Waals surface area contributed by atoms with Crippen LogP contribution in [0.25, 0.3) is 0 Å². The van der Waals surface area contributed by atoms with Crippen LogP contribution in [-0.4, -0.2) is 14.9 Å². The largest absolute Gasteiger partial charge is 0.360 e. The lowest BCUT2D eigenvalue weighted by Gasteiger charge is -2.12. The molecule has 2 N–H and O–H groups in total. The standard InChI is InChI=1S/C20H21N5O2/c1-2-17-18(25(26)27)19(21-13-15-9-5-3-6-10-15)24-20(23-17)22-14-16-11-7-4-8-12-16/h3-12H,2,13-14H2,1H3,(H2,21,22,23,24). The Bertz CT molecular complexity index is 901. The Balaban J connectivity index is 1.85. The van der Waals surface area contributed by atoms with Crippen LogP contribution in [0.15, 0.2) is 60.7 Å². The summed E-state index contributed by atoms with van der Waals surface area (Å²) in [7, 11) is 0. The maximum absolute atomic E-state index is 11.6. The number of benzene rings is 2. The summed E-state index contributed by atoms with van der Waals surface area (Å²) in [6.45, 7) is 2.83. The maximum Gasteiger partial charge on any atom is 0.332 e. The molecule has 0 amide bonds. The van der Waals surface area contributed by atoms with E-state index in [9.17, 15) is 10.1 Å². The molecular formula is C20H21N5O2. The Labute approximate surface area is 157 Å². The summed E-state index contributed by atoms with van der Waals surface area (Å²) >= 11 is 0. The van der Waals surface area contributed by atoms with Gasteiger partial charge in [-0.25, -0.2) is 4.98 Å². The molecule has 3 aromatic rings. The fraction of sp³-hybridized carbons (Fsp3) is 0.200. The van der Waals surface area contributed by atoms with Gasteiger partial charge in [-0.05, 0) is 17.5 Å². The van der Waals surface area contributed by atoms with Gasteiger partial charge in [-0.1, -0.05) is 67.6 Å². The van der Waals surface area contributed by atoms with Crippen molar-refractivity contribution in [3.05, 3.63) is 87.6 Å². The van der Waals surface area contributed by atoms with E-state index in [1.165, 1.54) is 0 Å². The molecule has 27 heavy (non-hydrogen) atoms. The van der Waals surface area contributed by atoms with Gasteiger partial charge >= 0.3 is 5.69 Å². The van der Waals surface area contributed by atoms with Gasteiger partial charge in [0.1, 0.15) is 5.69 Å². The van der Waals surface area contributed by atoms with Crippen LogP contribution in [0.2, 0.25) is 0 Å². The number of rotatable bonds is 8. The van der Waals surface area contributed by atoms with E-state index in [-0.39, 0.29) is 11.5 Å². The summed E-state index contributed by atoms with van der Waals surface area (Å²) in [5.74, 6) is 0.600. The second kappa shape index (κ2) is 8.75. The Hall–Kier alpha value is -3.48. The number of aryl methyl sites for hydroxylation is 1. The fourth-order valence-corrected chi connectivity index (χ4v) is 2.70. The van der Waals surface area contributed by atoms with Crippen molar-refractivity contribution in [2.24, 2.45) is 0 Å². The summed E-state index contributed by atoms with van der Waals surface area (Å²) in [5.41, 5.74) is 2.43. The zero-order valence-electron chi connectivity index (χ0n) is 15.1. The van der Waals surface area contributed by atoms with Gasteiger partial charge in [-0.3, -0.25) is 10.1 Å². The first-order valence-electron chi connectivity index (χ1n) is 8.78. The second-order valence-corrected chi connectivity index (χ2v) is 5.98. The van der Waals surface area contributed by atoms with Crippen molar-refractivity contribution in [3.63, 3.8) is 0 Å². The molecule has 7 heteroatoms. The quantitative estimate of drug-likeness (QED) is 0.461. The van der Waals surface area contributed by atoms with E-state index >= 15 is 0 Å². The molecule has 0 saturated carbocycles. The molecule has 7 nitrogen and oxygen atoms in total. The van der Waals surface area contributed by atoms with Gasteiger partial charge < -0.3 is 10.6 Å². The van der Waals surface area contributed by atoms with E-state index in [4.69, 9.17) is 0 Å². The molecule has 0 bridgehead atoms. The predicted octanol–water partition coefficient (Wildman–Crippen LogP) is 4.17. The molecule has 0 atom stereocenters. The molecule has 0 radical (unpaired) electrons. The van der Waals surface area contributed by atoms with Crippen molar-refractivity contribution in [1.82, 2.24) is 9.97 Å². The lowest BCUT2D eigenvalue weighted by molar-refractivity contribution is -0.385. The molecule has 138 valence electrons. The third-order valence-electron chi connectivity index (χ3n) is 4.07. The Morgan fingerprint density at radius 2 is 1.44 bits per heavy atom. The first kappa shape index (κ1) is 18.3. The van der Waals surface area contributed by atoms with Crippen molar-refractivity contribution < 1.29 is 4.92 Å². The molecule has 3 rings (SSSR count). The van der Waals surface area contributed by atoms with Crippen LogP contribution in [0.4, 0.5) is 17.5 Å². The van der Waals surface area contributed by atoms with Crippen molar-refractivity contribution in [1.29, 1.82) is 0 Å². The summed E-state index contributed by atoms with van der Waals surface area (Å²) in [4.78, 5) is 19.8. The number of aromatic nitrogens is 2. The third-order valence-corrected chi connectivity index (χ3v) is 4.07. The zero-order valence-corrected chi connectivity index (χ0v) is 15.1. The van der Waals surface area contributed by atoms with Crippen LogP contribution >= 0.6 is 0 Å². The Kier molecular flexibility index (Phi) is 5.94. The minimum absolute atomic E-state index is 0.0707. The molecule has 0 aliphatic heterocycles. The molecule has 1 heterocycles.